The van der Waals surface area contributed by atoms with Gasteiger partial charge in [-0.1, -0.05) is 13.0 Å². The SMILES string of the molecule is CCNC1CCC(O)(c2ccc(OC)c(OC)c2)CC1. The van der Waals surface area contributed by atoms with Crippen molar-refractivity contribution in [1.29, 1.82) is 0 Å². The van der Waals surface area contributed by atoms with Gasteiger partial charge in [0.1, 0.15) is 0 Å². The van der Waals surface area contributed by atoms with Crippen LogP contribution in [-0.4, -0.2) is 31.9 Å². The van der Waals surface area contributed by atoms with Crippen LogP contribution in [0.2, 0.25) is 0 Å². The van der Waals surface area contributed by atoms with Crippen molar-refractivity contribution in [2.45, 2.75) is 44.2 Å². The average Bonchev–Trinajstić information content (AvgIpc) is 2.49. The molecule has 1 saturated carbocycles. The fourth-order valence-corrected chi connectivity index (χ4v) is 3.00. The van der Waals surface area contributed by atoms with Crippen LogP contribution in [-0.2, 0) is 5.60 Å². The lowest BCUT2D eigenvalue weighted by atomic mass is 9.77. The molecule has 0 heterocycles. The predicted octanol–water partition coefficient (Wildman–Crippen LogP) is 2.44. The molecule has 0 aromatic heterocycles. The lowest BCUT2D eigenvalue weighted by Crippen LogP contribution is -2.39. The molecule has 0 spiro atoms. The largest absolute Gasteiger partial charge is 0.493 e. The maximum Gasteiger partial charge on any atom is 0.161 e. The van der Waals surface area contributed by atoms with Crippen molar-refractivity contribution < 1.29 is 14.6 Å². The van der Waals surface area contributed by atoms with Crippen molar-refractivity contribution in [3.63, 3.8) is 0 Å². The smallest absolute Gasteiger partial charge is 0.161 e. The maximum atomic E-state index is 10.9. The molecule has 0 radical (unpaired) electrons. The van der Waals surface area contributed by atoms with Crippen LogP contribution in [0.25, 0.3) is 0 Å². The number of methoxy groups -OCH3 is 2. The summed E-state index contributed by atoms with van der Waals surface area (Å²) < 4.78 is 10.6. The Hall–Kier alpha value is -1.26. The number of hydrogen-bond donors (Lipinski definition) is 2. The number of hydrogen-bond acceptors (Lipinski definition) is 4. The highest BCUT2D eigenvalue weighted by molar-refractivity contribution is 5.44. The third-order valence-electron chi connectivity index (χ3n) is 4.23. The topological polar surface area (TPSA) is 50.7 Å². The Morgan fingerprint density at radius 2 is 1.85 bits per heavy atom. The maximum absolute atomic E-state index is 10.9. The van der Waals surface area contributed by atoms with Crippen LogP contribution in [0.3, 0.4) is 0 Å². The molecule has 2 N–H and O–H groups in total. The average molecular weight is 279 g/mol. The predicted molar refractivity (Wildman–Crippen MR) is 79.4 cm³/mol. The zero-order valence-corrected chi connectivity index (χ0v) is 12.6. The summed E-state index contributed by atoms with van der Waals surface area (Å²) >= 11 is 0. The number of nitrogens with one attached hydrogen (secondary N) is 1. The molecule has 1 aromatic rings. The van der Waals surface area contributed by atoms with Gasteiger partial charge in [0.25, 0.3) is 0 Å². The normalized spacial score (nSPS) is 26.3. The van der Waals surface area contributed by atoms with Crippen LogP contribution in [0.4, 0.5) is 0 Å². The van der Waals surface area contributed by atoms with Gasteiger partial charge in [-0.05, 0) is 49.9 Å². The number of benzene rings is 1. The molecule has 2 rings (SSSR count). The van der Waals surface area contributed by atoms with Crippen molar-refractivity contribution in [1.82, 2.24) is 5.32 Å². The first kappa shape index (κ1) is 15.1. The van der Waals surface area contributed by atoms with Gasteiger partial charge >= 0.3 is 0 Å². The van der Waals surface area contributed by atoms with Gasteiger partial charge in [0, 0.05) is 6.04 Å². The highest BCUT2D eigenvalue weighted by Gasteiger charge is 2.35. The molecule has 1 aliphatic rings. The van der Waals surface area contributed by atoms with Gasteiger partial charge in [0.2, 0.25) is 0 Å². The third-order valence-corrected chi connectivity index (χ3v) is 4.23. The molecule has 1 aliphatic carbocycles. The monoisotopic (exact) mass is 279 g/mol. The highest BCUT2D eigenvalue weighted by atomic mass is 16.5. The summed E-state index contributed by atoms with van der Waals surface area (Å²) in [5.74, 6) is 1.37. The van der Waals surface area contributed by atoms with Gasteiger partial charge in [-0.2, -0.15) is 0 Å². The van der Waals surface area contributed by atoms with E-state index in [1.54, 1.807) is 14.2 Å². The molecule has 112 valence electrons. The molecular formula is C16H25NO3. The van der Waals surface area contributed by atoms with E-state index in [1.807, 2.05) is 18.2 Å². The molecule has 0 atom stereocenters. The quantitative estimate of drug-likeness (QED) is 0.869. The van der Waals surface area contributed by atoms with Crippen LogP contribution in [0, 0.1) is 0 Å². The molecule has 1 aromatic carbocycles. The summed E-state index contributed by atoms with van der Waals surface area (Å²) in [5, 5.41) is 14.3. The van der Waals surface area contributed by atoms with E-state index in [0.717, 1.165) is 37.8 Å². The minimum Gasteiger partial charge on any atom is -0.493 e. The van der Waals surface area contributed by atoms with Gasteiger partial charge in [0.05, 0.1) is 19.8 Å². The van der Waals surface area contributed by atoms with E-state index in [4.69, 9.17) is 9.47 Å². The van der Waals surface area contributed by atoms with Gasteiger partial charge < -0.3 is 19.9 Å². The zero-order valence-electron chi connectivity index (χ0n) is 12.6. The first-order chi connectivity index (χ1) is 9.62. The Balaban J connectivity index is 2.15. The van der Waals surface area contributed by atoms with Crippen molar-refractivity contribution in [3.8, 4) is 11.5 Å². The van der Waals surface area contributed by atoms with Gasteiger partial charge in [0.15, 0.2) is 11.5 Å². The fourth-order valence-electron chi connectivity index (χ4n) is 3.00. The zero-order chi connectivity index (χ0) is 14.6. The van der Waals surface area contributed by atoms with E-state index in [-0.39, 0.29) is 0 Å². The molecule has 0 amide bonds. The second-order valence-corrected chi connectivity index (χ2v) is 5.43. The first-order valence-corrected chi connectivity index (χ1v) is 7.31. The molecular weight excluding hydrogens is 254 g/mol. The van der Waals surface area contributed by atoms with E-state index in [9.17, 15) is 5.11 Å². The standard InChI is InChI=1S/C16H25NO3/c1-4-17-13-7-9-16(18,10-8-13)12-5-6-14(19-2)15(11-12)20-3/h5-6,11,13,17-18H,4,7-10H2,1-3H3. The molecule has 4 nitrogen and oxygen atoms in total. The molecule has 20 heavy (non-hydrogen) atoms. The van der Waals surface area contributed by atoms with Crippen LogP contribution in [0.1, 0.15) is 38.2 Å². The van der Waals surface area contributed by atoms with Crippen molar-refractivity contribution >= 4 is 0 Å². The highest BCUT2D eigenvalue weighted by Crippen LogP contribution is 2.40. The molecule has 4 heteroatoms. The van der Waals surface area contributed by atoms with Crippen molar-refractivity contribution in [3.05, 3.63) is 23.8 Å². The minimum absolute atomic E-state index is 0.528. The second-order valence-electron chi connectivity index (χ2n) is 5.43. The second kappa shape index (κ2) is 6.46. The number of rotatable bonds is 5. The molecule has 1 fully saturated rings. The summed E-state index contributed by atoms with van der Waals surface area (Å²) in [7, 11) is 3.24. The fraction of sp³-hybridized carbons (Fsp3) is 0.625. The molecule has 0 saturated heterocycles. The van der Waals surface area contributed by atoms with E-state index in [1.165, 1.54) is 0 Å². The van der Waals surface area contributed by atoms with E-state index in [0.29, 0.717) is 17.5 Å². The van der Waals surface area contributed by atoms with Crippen molar-refractivity contribution in [2.75, 3.05) is 20.8 Å². The van der Waals surface area contributed by atoms with Crippen LogP contribution < -0.4 is 14.8 Å². The Bertz CT molecular complexity index is 439. The molecule has 0 aliphatic heterocycles. The van der Waals surface area contributed by atoms with Crippen molar-refractivity contribution in [2.24, 2.45) is 0 Å². The minimum atomic E-state index is -0.745. The Labute approximate surface area is 121 Å². The Morgan fingerprint density at radius 3 is 2.40 bits per heavy atom. The lowest BCUT2D eigenvalue weighted by Gasteiger charge is -2.37. The van der Waals surface area contributed by atoms with Crippen LogP contribution in [0.5, 0.6) is 11.5 Å². The summed E-state index contributed by atoms with van der Waals surface area (Å²) in [4.78, 5) is 0. The summed E-state index contributed by atoms with van der Waals surface area (Å²) in [5.41, 5.74) is 0.177. The van der Waals surface area contributed by atoms with Gasteiger partial charge in [-0.25, -0.2) is 0 Å². The Morgan fingerprint density at radius 1 is 1.20 bits per heavy atom. The summed E-state index contributed by atoms with van der Waals surface area (Å²) in [6.45, 7) is 3.11. The van der Waals surface area contributed by atoms with Crippen LogP contribution >= 0.6 is 0 Å². The summed E-state index contributed by atoms with van der Waals surface area (Å²) in [6.07, 6.45) is 3.55. The van der Waals surface area contributed by atoms with Gasteiger partial charge in [-0.15, -0.1) is 0 Å². The molecule has 0 unspecified atom stereocenters. The Kier molecular flexibility index (Phi) is 4.89. The van der Waals surface area contributed by atoms with Gasteiger partial charge in [-0.3, -0.25) is 0 Å². The lowest BCUT2D eigenvalue weighted by molar-refractivity contribution is -0.00834. The van der Waals surface area contributed by atoms with E-state index < -0.39 is 5.60 Å². The third kappa shape index (κ3) is 3.07. The van der Waals surface area contributed by atoms with E-state index >= 15 is 0 Å². The van der Waals surface area contributed by atoms with E-state index in [2.05, 4.69) is 12.2 Å². The van der Waals surface area contributed by atoms with Crippen LogP contribution in [0.15, 0.2) is 18.2 Å². The first-order valence-electron chi connectivity index (χ1n) is 7.31. The molecule has 0 bridgehead atoms. The number of ether oxygens (including phenoxy) is 2. The number of aliphatic hydroxyl groups is 1. The summed E-state index contributed by atoms with van der Waals surface area (Å²) in [6, 6.07) is 6.23.